The Labute approximate surface area is 111 Å². The minimum absolute atomic E-state index is 0.0694. The highest BCUT2D eigenvalue weighted by molar-refractivity contribution is 6.02. The van der Waals surface area contributed by atoms with Gasteiger partial charge in [0.05, 0.1) is 12.3 Å². The molecule has 1 saturated carbocycles. The highest BCUT2D eigenvalue weighted by Crippen LogP contribution is 2.65. The van der Waals surface area contributed by atoms with Crippen molar-refractivity contribution < 1.29 is 14.3 Å². The van der Waals surface area contributed by atoms with Gasteiger partial charge in [-0.15, -0.1) is 0 Å². The Morgan fingerprint density at radius 3 is 2.68 bits per heavy atom. The molecule has 1 amide bonds. The van der Waals surface area contributed by atoms with Crippen LogP contribution in [0.5, 0.6) is 0 Å². The molecule has 2 aliphatic heterocycles. The molecule has 1 aromatic rings. The number of fused-ring (bicyclic) bond motifs is 4. The van der Waals surface area contributed by atoms with Gasteiger partial charge in [0.25, 0.3) is 0 Å². The predicted octanol–water partition coefficient (Wildman–Crippen LogP) is 1.63. The van der Waals surface area contributed by atoms with Crippen LogP contribution in [0.1, 0.15) is 25.3 Å². The standard InChI is InChI=1S/C15H15NO3/c1-14-8-15(7-11(17)19-15)12(14)13(18)16(2)10-6-4-3-5-9(10)14/h3-6,12H,7-8H2,1-2H3/t12-,14+,15-/m0/s1. The van der Waals surface area contributed by atoms with E-state index in [9.17, 15) is 9.59 Å². The maximum Gasteiger partial charge on any atom is 0.310 e. The van der Waals surface area contributed by atoms with E-state index < -0.39 is 5.60 Å². The Hall–Kier alpha value is -1.84. The van der Waals surface area contributed by atoms with E-state index in [4.69, 9.17) is 4.74 Å². The number of hydrogen-bond acceptors (Lipinski definition) is 3. The second-order valence-electron chi connectivity index (χ2n) is 6.16. The molecular weight excluding hydrogens is 242 g/mol. The molecular formula is C15H15NO3. The van der Waals surface area contributed by atoms with Crippen LogP contribution in [0.2, 0.25) is 0 Å². The summed E-state index contributed by atoms with van der Waals surface area (Å²) in [6.07, 6.45) is 1.14. The van der Waals surface area contributed by atoms with Crippen LogP contribution < -0.4 is 4.90 Å². The molecule has 4 rings (SSSR count). The maximum absolute atomic E-state index is 12.6. The maximum atomic E-state index is 12.6. The molecule has 98 valence electrons. The molecule has 0 unspecified atom stereocenters. The first-order chi connectivity index (χ1) is 8.98. The lowest BCUT2D eigenvalue weighted by molar-refractivity contribution is -0.242. The molecule has 4 heteroatoms. The van der Waals surface area contributed by atoms with Gasteiger partial charge in [-0.2, -0.15) is 0 Å². The molecule has 3 atom stereocenters. The Morgan fingerprint density at radius 1 is 1.32 bits per heavy atom. The van der Waals surface area contributed by atoms with E-state index in [0.717, 1.165) is 12.1 Å². The van der Waals surface area contributed by atoms with Crippen molar-refractivity contribution >= 4 is 17.6 Å². The second-order valence-corrected chi connectivity index (χ2v) is 6.16. The Kier molecular flexibility index (Phi) is 1.74. The van der Waals surface area contributed by atoms with E-state index in [-0.39, 0.29) is 23.2 Å². The Bertz CT molecular complexity index is 616. The van der Waals surface area contributed by atoms with Gasteiger partial charge in [0.1, 0.15) is 5.60 Å². The summed E-state index contributed by atoms with van der Waals surface area (Å²) < 4.78 is 5.34. The first kappa shape index (κ1) is 11.0. The monoisotopic (exact) mass is 257 g/mol. The minimum Gasteiger partial charge on any atom is -0.457 e. The quantitative estimate of drug-likeness (QED) is 0.664. The van der Waals surface area contributed by atoms with E-state index >= 15 is 0 Å². The van der Waals surface area contributed by atoms with E-state index in [0.29, 0.717) is 6.42 Å². The normalized spacial score (nSPS) is 39.1. The number of nitrogens with zero attached hydrogens (tertiary/aromatic N) is 1. The molecule has 0 bridgehead atoms. The molecule has 1 aliphatic carbocycles. The van der Waals surface area contributed by atoms with Gasteiger partial charge >= 0.3 is 5.97 Å². The molecule has 1 spiro atoms. The number of amides is 1. The molecule has 19 heavy (non-hydrogen) atoms. The summed E-state index contributed by atoms with van der Waals surface area (Å²) in [5, 5.41) is 0. The zero-order chi connectivity index (χ0) is 13.4. The Balaban J connectivity index is 1.85. The number of esters is 1. The first-order valence-corrected chi connectivity index (χ1v) is 6.57. The SMILES string of the molecule is CN1C(=O)[C@@H]2[C@]3(CC(=O)O3)C[C@]2(C)c2ccccc21. The lowest BCUT2D eigenvalue weighted by Crippen LogP contribution is -2.75. The van der Waals surface area contributed by atoms with Crippen molar-refractivity contribution in [3.8, 4) is 0 Å². The summed E-state index contributed by atoms with van der Waals surface area (Å²) in [7, 11) is 1.80. The van der Waals surface area contributed by atoms with Gasteiger partial charge in [0, 0.05) is 18.2 Å². The van der Waals surface area contributed by atoms with Crippen molar-refractivity contribution in [1.29, 1.82) is 0 Å². The largest absolute Gasteiger partial charge is 0.457 e. The van der Waals surface area contributed by atoms with Crippen molar-refractivity contribution in [3.63, 3.8) is 0 Å². The van der Waals surface area contributed by atoms with Crippen molar-refractivity contribution in [2.24, 2.45) is 5.92 Å². The number of hydrogen-bond donors (Lipinski definition) is 0. The van der Waals surface area contributed by atoms with E-state index in [1.54, 1.807) is 11.9 Å². The zero-order valence-corrected chi connectivity index (χ0v) is 11.0. The highest BCUT2D eigenvalue weighted by atomic mass is 16.6. The lowest BCUT2D eigenvalue weighted by Gasteiger charge is -2.65. The van der Waals surface area contributed by atoms with Crippen molar-refractivity contribution in [2.45, 2.75) is 30.8 Å². The van der Waals surface area contributed by atoms with Gasteiger partial charge in [-0.05, 0) is 18.1 Å². The van der Waals surface area contributed by atoms with Crippen molar-refractivity contribution in [2.75, 3.05) is 11.9 Å². The predicted molar refractivity (Wildman–Crippen MR) is 68.8 cm³/mol. The van der Waals surface area contributed by atoms with Crippen LogP contribution in [-0.2, 0) is 19.7 Å². The average molecular weight is 257 g/mol. The Morgan fingerprint density at radius 2 is 2.00 bits per heavy atom. The summed E-state index contributed by atoms with van der Waals surface area (Å²) in [6.45, 7) is 2.11. The van der Waals surface area contributed by atoms with Crippen LogP contribution in [-0.4, -0.2) is 24.5 Å². The van der Waals surface area contributed by atoms with Crippen molar-refractivity contribution in [1.82, 2.24) is 0 Å². The first-order valence-electron chi connectivity index (χ1n) is 6.57. The summed E-state index contributed by atoms with van der Waals surface area (Å²) in [6, 6.07) is 8.01. The van der Waals surface area contributed by atoms with Gasteiger partial charge in [0.2, 0.25) is 5.91 Å². The van der Waals surface area contributed by atoms with Gasteiger partial charge < -0.3 is 9.64 Å². The number of benzene rings is 1. The second kappa shape index (κ2) is 3.00. The number of para-hydroxylation sites is 1. The van der Waals surface area contributed by atoms with Crippen LogP contribution in [0.15, 0.2) is 24.3 Å². The van der Waals surface area contributed by atoms with Crippen LogP contribution in [0.25, 0.3) is 0 Å². The van der Waals surface area contributed by atoms with E-state index in [2.05, 4.69) is 13.0 Å². The molecule has 3 aliphatic rings. The van der Waals surface area contributed by atoms with Crippen LogP contribution in [0, 0.1) is 5.92 Å². The molecule has 0 N–H and O–H groups in total. The fourth-order valence-electron chi connectivity index (χ4n) is 4.31. The average Bonchev–Trinajstić information content (AvgIpc) is 2.33. The molecule has 4 nitrogen and oxygen atoms in total. The van der Waals surface area contributed by atoms with Crippen LogP contribution in [0.3, 0.4) is 0 Å². The van der Waals surface area contributed by atoms with E-state index in [1.165, 1.54) is 5.56 Å². The summed E-state index contributed by atoms with van der Waals surface area (Å²) in [4.78, 5) is 25.5. The zero-order valence-electron chi connectivity index (χ0n) is 11.0. The number of ether oxygens (including phenoxy) is 1. The smallest absolute Gasteiger partial charge is 0.310 e. The lowest BCUT2D eigenvalue weighted by atomic mass is 9.45. The number of carbonyl (C=O) groups excluding carboxylic acids is 2. The third-order valence-corrected chi connectivity index (χ3v) is 5.05. The number of carbonyl (C=O) groups is 2. The third kappa shape index (κ3) is 1.06. The number of rotatable bonds is 0. The molecule has 1 saturated heterocycles. The summed E-state index contributed by atoms with van der Waals surface area (Å²) in [5.41, 5.74) is 1.45. The minimum atomic E-state index is -0.523. The summed E-state index contributed by atoms with van der Waals surface area (Å²) >= 11 is 0. The number of anilines is 1. The molecule has 2 heterocycles. The van der Waals surface area contributed by atoms with E-state index in [1.807, 2.05) is 18.2 Å². The molecule has 2 fully saturated rings. The summed E-state index contributed by atoms with van der Waals surface area (Å²) in [5.74, 6) is -0.339. The highest BCUT2D eigenvalue weighted by Gasteiger charge is 2.73. The molecule has 0 aromatic heterocycles. The fourth-order valence-corrected chi connectivity index (χ4v) is 4.31. The van der Waals surface area contributed by atoms with Crippen LogP contribution >= 0.6 is 0 Å². The molecule has 0 radical (unpaired) electrons. The van der Waals surface area contributed by atoms with Gasteiger partial charge in [0.15, 0.2) is 0 Å². The van der Waals surface area contributed by atoms with Crippen molar-refractivity contribution in [3.05, 3.63) is 29.8 Å². The molecule has 1 aromatic carbocycles. The van der Waals surface area contributed by atoms with Crippen LogP contribution in [0.4, 0.5) is 5.69 Å². The fraction of sp³-hybridized carbons (Fsp3) is 0.467. The van der Waals surface area contributed by atoms with Gasteiger partial charge in [-0.1, -0.05) is 25.1 Å². The van der Waals surface area contributed by atoms with Gasteiger partial charge in [-0.25, -0.2) is 0 Å². The van der Waals surface area contributed by atoms with Gasteiger partial charge in [-0.3, -0.25) is 9.59 Å². The third-order valence-electron chi connectivity index (χ3n) is 5.05. The topological polar surface area (TPSA) is 46.6 Å².